The smallest absolute Gasteiger partial charge is 0.381 e. The minimum Gasteiger partial charge on any atom is -0.381 e. The highest BCUT2D eigenvalue weighted by Gasteiger charge is 2.34. The standard InChI is InChI=1S/C12H23F3N2O/c1-9(2)17(8-12(13,14)15)6-10-7-18-5-4-11(10)16-3/h9-11,16H,4-8H2,1-3H3. The average molecular weight is 268 g/mol. The molecule has 0 aliphatic carbocycles. The molecule has 3 nitrogen and oxygen atoms in total. The van der Waals surface area contributed by atoms with Crippen LogP contribution < -0.4 is 5.32 Å². The second kappa shape index (κ2) is 6.73. The minimum atomic E-state index is -4.14. The van der Waals surface area contributed by atoms with Crippen LogP contribution >= 0.6 is 0 Å². The summed E-state index contributed by atoms with van der Waals surface area (Å²) in [5.74, 6) is 0.119. The Balaban J connectivity index is 2.58. The van der Waals surface area contributed by atoms with Gasteiger partial charge in [-0.3, -0.25) is 4.90 Å². The summed E-state index contributed by atoms with van der Waals surface area (Å²) in [7, 11) is 1.85. The van der Waals surface area contributed by atoms with E-state index in [2.05, 4.69) is 5.32 Å². The zero-order chi connectivity index (χ0) is 13.8. The van der Waals surface area contributed by atoms with E-state index >= 15 is 0 Å². The molecule has 1 aliphatic rings. The highest BCUT2D eigenvalue weighted by Crippen LogP contribution is 2.22. The van der Waals surface area contributed by atoms with Gasteiger partial charge >= 0.3 is 6.18 Å². The molecule has 0 saturated carbocycles. The van der Waals surface area contributed by atoms with Crippen molar-refractivity contribution < 1.29 is 17.9 Å². The van der Waals surface area contributed by atoms with Gasteiger partial charge in [0, 0.05) is 31.2 Å². The fourth-order valence-corrected chi connectivity index (χ4v) is 2.35. The molecule has 0 spiro atoms. The van der Waals surface area contributed by atoms with Crippen molar-refractivity contribution in [1.82, 2.24) is 10.2 Å². The van der Waals surface area contributed by atoms with Gasteiger partial charge in [-0.05, 0) is 27.3 Å². The first-order valence-electron chi connectivity index (χ1n) is 6.39. The Morgan fingerprint density at radius 3 is 2.56 bits per heavy atom. The number of nitrogens with one attached hydrogen (secondary N) is 1. The maximum absolute atomic E-state index is 12.5. The Hall–Kier alpha value is -0.330. The summed E-state index contributed by atoms with van der Waals surface area (Å²) in [5, 5.41) is 3.17. The second-order valence-electron chi connectivity index (χ2n) is 5.16. The topological polar surface area (TPSA) is 24.5 Å². The van der Waals surface area contributed by atoms with Crippen molar-refractivity contribution in [1.29, 1.82) is 0 Å². The Bertz CT molecular complexity index is 246. The van der Waals surface area contributed by atoms with E-state index in [1.165, 1.54) is 4.90 Å². The molecule has 108 valence electrons. The number of nitrogens with zero attached hydrogens (tertiary/aromatic N) is 1. The van der Waals surface area contributed by atoms with Crippen molar-refractivity contribution >= 4 is 0 Å². The van der Waals surface area contributed by atoms with Crippen LogP contribution in [0.15, 0.2) is 0 Å². The van der Waals surface area contributed by atoms with E-state index in [0.717, 1.165) is 6.42 Å². The predicted octanol–water partition coefficient (Wildman–Crippen LogP) is 1.88. The van der Waals surface area contributed by atoms with Crippen molar-refractivity contribution in [2.45, 2.75) is 38.5 Å². The molecule has 2 unspecified atom stereocenters. The Morgan fingerprint density at radius 2 is 2.06 bits per heavy atom. The summed E-state index contributed by atoms with van der Waals surface area (Å²) in [6.07, 6.45) is -3.28. The molecule has 1 rings (SSSR count). The quantitative estimate of drug-likeness (QED) is 0.824. The van der Waals surface area contributed by atoms with Gasteiger partial charge in [-0.1, -0.05) is 0 Å². The average Bonchev–Trinajstić information content (AvgIpc) is 2.27. The van der Waals surface area contributed by atoms with Crippen LogP contribution in [0.3, 0.4) is 0 Å². The molecule has 1 saturated heterocycles. The second-order valence-corrected chi connectivity index (χ2v) is 5.16. The van der Waals surface area contributed by atoms with Gasteiger partial charge in [-0.15, -0.1) is 0 Å². The molecule has 1 fully saturated rings. The van der Waals surface area contributed by atoms with Gasteiger partial charge in [0.2, 0.25) is 0 Å². The van der Waals surface area contributed by atoms with Gasteiger partial charge in [0.05, 0.1) is 13.2 Å². The molecule has 2 atom stereocenters. The lowest BCUT2D eigenvalue weighted by atomic mass is 9.95. The first-order chi connectivity index (χ1) is 8.33. The van der Waals surface area contributed by atoms with Crippen LogP contribution in [0.1, 0.15) is 20.3 Å². The van der Waals surface area contributed by atoms with E-state index in [9.17, 15) is 13.2 Å². The monoisotopic (exact) mass is 268 g/mol. The maximum atomic E-state index is 12.5. The van der Waals surface area contributed by atoms with Gasteiger partial charge in [0.25, 0.3) is 0 Å². The molecule has 1 N–H and O–H groups in total. The third-order valence-corrected chi connectivity index (χ3v) is 3.43. The first kappa shape index (κ1) is 15.7. The fraction of sp³-hybridized carbons (Fsp3) is 1.00. The molecule has 1 aliphatic heterocycles. The molecular weight excluding hydrogens is 245 g/mol. The number of alkyl halides is 3. The summed E-state index contributed by atoms with van der Waals surface area (Å²) < 4.78 is 42.9. The van der Waals surface area contributed by atoms with E-state index in [0.29, 0.717) is 19.8 Å². The van der Waals surface area contributed by atoms with Crippen LogP contribution in [-0.2, 0) is 4.74 Å². The van der Waals surface area contributed by atoms with Gasteiger partial charge < -0.3 is 10.1 Å². The van der Waals surface area contributed by atoms with Crippen molar-refractivity contribution in [2.75, 3.05) is 33.4 Å². The number of halogens is 3. The zero-order valence-corrected chi connectivity index (χ0v) is 11.3. The van der Waals surface area contributed by atoms with Crippen LogP contribution in [0.2, 0.25) is 0 Å². The van der Waals surface area contributed by atoms with Crippen molar-refractivity contribution in [3.05, 3.63) is 0 Å². The molecule has 0 aromatic rings. The Labute approximate surface area is 107 Å². The summed E-state index contributed by atoms with van der Waals surface area (Å²) in [4.78, 5) is 1.48. The lowest BCUT2D eigenvalue weighted by Crippen LogP contribution is -2.50. The van der Waals surface area contributed by atoms with Crippen molar-refractivity contribution in [3.63, 3.8) is 0 Å². The molecular formula is C12H23F3N2O. The molecule has 0 aromatic carbocycles. The normalized spacial score (nSPS) is 26.0. The molecule has 1 heterocycles. The van der Waals surface area contributed by atoms with Crippen LogP contribution in [0, 0.1) is 5.92 Å². The van der Waals surface area contributed by atoms with E-state index in [1.54, 1.807) is 13.8 Å². The number of ether oxygens (including phenoxy) is 1. The van der Waals surface area contributed by atoms with Crippen LogP contribution in [-0.4, -0.2) is 56.5 Å². The van der Waals surface area contributed by atoms with Crippen LogP contribution in [0.5, 0.6) is 0 Å². The summed E-state index contributed by atoms with van der Waals surface area (Å²) in [6, 6.07) is 0.124. The van der Waals surface area contributed by atoms with Gasteiger partial charge in [0.1, 0.15) is 0 Å². The molecule has 0 aromatic heterocycles. The van der Waals surface area contributed by atoms with Gasteiger partial charge in [0.15, 0.2) is 0 Å². The Kier molecular flexibility index (Phi) is 5.88. The minimum absolute atomic E-state index is 0.119. The molecule has 6 heteroatoms. The highest BCUT2D eigenvalue weighted by atomic mass is 19.4. The number of hydrogen-bond acceptors (Lipinski definition) is 3. The van der Waals surface area contributed by atoms with E-state index in [1.807, 2.05) is 7.05 Å². The predicted molar refractivity (Wildman–Crippen MR) is 64.5 cm³/mol. The van der Waals surface area contributed by atoms with E-state index in [4.69, 9.17) is 4.74 Å². The van der Waals surface area contributed by atoms with Gasteiger partial charge in [-0.25, -0.2) is 0 Å². The van der Waals surface area contributed by atoms with E-state index in [-0.39, 0.29) is 18.0 Å². The molecule has 18 heavy (non-hydrogen) atoms. The summed E-state index contributed by atoms with van der Waals surface area (Å²) >= 11 is 0. The largest absolute Gasteiger partial charge is 0.401 e. The molecule has 0 amide bonds. The first-order valence-corrected chi connectivity index (χ1v) is 6.39. The summed E-state index contributed by atoms with van der Waals surface area (Å²) in [5.41, 5.74) is 0. The van der Waals surface area contributed by atoms with Crippen LogP contribution in [0.4, 0.5) is 13.2 Å². The molecule has 0 bridgehead atoms. The highest BCUT2D eigenvalue weighted by molar-refractivity contribution is 4.82. The van der Waals surface area contributed by atoms with E-state index < -0.39 is 12.7 Å². The van der Waals surface area contributed by atoms with Crippen molar-refractivity contribution in [3.8, 4) is 0 Å². The fourth-order valence-electron chi connectivity index (χ4n) is 2.35. The SMILES string of the molecule is CNC1CCOCC1CN(CC(F)(F)F)C(C)C. The van der Waals surface area contributed by atoms with Crippen LogP contribution in [0.25, 0.3) is 0 Å². The third-order valence-electron chi connectivity index (χ3n) is 3.43. The zero-order valence-electron chi connectivity index (χ0n) is 11.3. The lowest BCUT2D eigenvalue weighted by Gasteiger charge is -2.37. The van der Waals surface area contributed by atoms with Crippen molar-refractivity contribution in [2.24, 2.45) is 5.92 Å². The van der Waals surface area contributed by atoms with Gasteiger partial charge in [-0.2, -0.15) is 13.2 Å². The summed E-state index contributed by atoms with van der Waals surface area (Å²) in [6.45, 7) is 4.38. The number of rotatable bonds is 5. The molecule has 0 radical (unpaired) electrons. The lowest BCUT2D eigenvalue weighted by molar-refractivity contribution is -0.152. The number of hydrogen-bond donors (Lipinski definition) is 1. The Morgan fingerprint density at radius 1 is 1.39 bits per heavy atom. The third kappa shape index (κ3) is 5.12. The maximum Gasteiger partial charge on any atom is 0.401 e.